The summed E-state index contributed by atoms with van der Waals surface area (Å²) in [7, 11) is 0. The number of thioether (sulfide) groups is 2. The fourth-order valence-electron chi connectivity index (χ4n) is 3.45. The number of nitrogens with zero attached hydrogens (tertiary/aromatic N) is 2. The molecule has 2 aromatic carbocycles. The van der Waals surface area contributed by atoms with Crippen molar-refractivity contribution in [2.75, 3.05) is 12.4 Å². The van der Waals surface area contributed by atoms with E-state index in [0.717, 1.165) is 28.3 Å². The Morgan fingerprint density at radius 2 is 1.67 bits per heavy atom. The lowest BCUT2D eigenvalue weighted by Crippen LogP contribution is -2.44. The number of aliphatic hydroxyl groups excluding tert-OH is 1. The summed E-state index contributed by atoms with van der Waals surface area (Å²) in [5, 5.41) is 11.5. The van der Waals surface area contributed by atoms with Gasteiger partial charge in [-0.05, 0) is 43.0 Å². The van der Waals surface area contributed by atoms with E-state index in [4.69, 9.17) is 9.47 Å². The molecule has 9 nitrogen and oxygen atoms in total. The molecule has 0 saturated heterocycles. The molecule has 0 fully saturated rings. The molecule has 3 heterocycles. The van der Waals surface area contributed by atoms with Gasteiger partial charge >= 0.3 is 11.9 Å². The van der Waals surface area contributed by atoms with E-state index in [9.17, 15) is 14.7 Å². The predicted molar refractivity (Wildman–Crippen MR) is 124 cm³/mol. The summed E-state index contributed by atoms with van der Waals surface area (Å²) >= 11 is 2.15. The number of carbonyl (C=O) groups excluding carboxylic acids is 2. The van der Waals surface area contributed by atoms with Gasteiger partial charge in [0.25, 0.3) is 5.60 Å². The van der Waals surface area contributed by atoms with Crippen LogP contribution in [0.1, 0.15) is 6.92 Å². The lowest BCUT2D eigenvalue weighted by atomic mass is 10.1. The molecule has 0 spiro atoms. The van der Waals surface area contributed by atoms with Crippen molar-refractivity contribution < 1.29 is 24.2 Å². The molecular formula is C22H18N4O5S2. The van der Waals surface area contributed by atoms with Gasteiger partial charge in [0, 0.05) is 0 Å². The average Bonchev–Trinajstić information content (AvgIpc) is 3.48. The number of aromatic amines is 2. The van der Waals surface area contributed by atoms with E-state index >= 15 is 0 Å². The summed E-state index contributed by atoms with van der Waals surface area (Å²) in [5.74, 6) is -2.46. The Kier molecular flexibility index (Phi) is 5.51. The maximum atomic E-state index is 13.1. The maximum absolute atomic E-state index is 13.1. The van der Waals surface area contributed by atoms with Crippen LogP contribution >= 0.6 is 23.5 Å². The molecule has 0 bridgehead atoms. The molecule has 0 aliphatic carbocycles. The summed E-state index contributed by atoms with van der Waals surface area (Å²) in [4.78, 5) is 40.8. The largest absolute Gasteiger partial charge is 0.501 e. The van der Waals surface area contributed by atoms with E-state index < -0.39 is 23.3 Å². The third-order valence-corrected chi connectivity index (χ3v) is 7.13. The zero-order valence-electron chi connectivity index (χ0n) is 17.3. The van der Waals surface area contributed by atoms with E-state index in [1.54, 1.807) is 6.92 Å². The van der Waals surface area contributed by atoms with Gasteiger partial charge in [-0.25, -0.2) is 19.6 Å². The van der Waals surface area contributed by atoms with E-state index in [0.29, 0.717) is 15.8 Å². The molecule has 0 radical (unpaired) electrons. The minimum absolute atomic E-state index is 0.0219. The number of para-hydroxylation sites is 4. The number of benzene rings is 2. The van der Waals surface area contributed by atoms with E-state index in [1.165, 1.54) is 11.8 Å². The first-order valence-electron chi connectivity index (χ1n) is 10.0. The highest BCUT2D eigenvalue weighted by Crippen LogP contribution is 2.45. The summed E-state index contributed by atoms with van der Waals surface area (Å²) in [5.41, 5.74) is 1.25. The number of imidazole rings is 2. The number of cyclic esters (lactones) is 1. The average molecular weight is 483 g/mol. The molecule has 0 amide bonds. The van der Waals surface area contributed by atoms with Crippen molar-refractivity contribution in [3.63, 3.8) is 0 Å². The van der Waals surface area contributed by atoms with Gasteiger partial charge in [-0.3, -0.25) is 0 Å². The van der Waals surface area contributed by atoms with Gasteiger partial charge in [0.2, 0.25) is 5.76 Å². The van der Waals surface area contributed by atoms with Crippen LogP contribution in [0.25, 0.3) is 22.1 Å². The zero-order chi connectivity index (χ0) is 23.0. The number of aliphatic hydroxyl groups is 1. The normalized spacial score (nSPS) is 18.3. The van der Waals surface area contributed by atoms with Crippen LogP contribution in [-0.4, -0.2) is 54.9 Å². The Morgan fingerprint density at radius 3 is 2.30 bits per heavy atom. The van der Waals surface area contributed by atoms with Crippen molar-refractivity contribution in [2.24, 2.45) is 0 Å². The number of carbonyl (C=O) groups is 2. The van der Waals surface area contributed by atoms with Crippen LogP contribution in [0.4, 0.5) is 0 Å². The Labute approximate surface area is 196 Å². The Bertz CT molecular complexity index is 1350. The molecule has 1 aliphatic rings. The Hall–Kier alpha value is -3.44. The summed E-state index contributed by atoms with van der Waals surface area (Å²) in [6, 6.07) is 14.9. The molecule has 1 aliphatic heterocycles. The first kappa shape index (κ1) is 21.4. The SMILES string of the molecule is CCOC(=O)[C@@]1(CSc2nc3ccccc3[nH]2)OC(=O)C(O)=C1Sc1nc2ccccc2[nH]1. The molecule has 3 N–H and O–H groups in total. The van der Waals surface area contributed by atoms with Crippen LogP contribution in [0.3, 0.4) is 0 Å². The second-order valence-electron chi connectivity index (χ2n) is 7.12. The zero-order valence-corrected chi connectivity index (χ0v) is 19.0. The smallest absolute Gasteiger partial charge is 0.375 e. The first-order chi connectivity index (χ1) is 16.0. The second-order valence-corrected chi connectivity index (χ2v) is 9.09. The van der Waals surface area contributed by atoms with E-state index in [-0.39, 0.29) is 17.3 Å². The highest BCUT2D eigenvalue weighted by molar-refractivity contribution is 8.03. The van der Waals surface area contributed by atoms with Gasteiger partial charge in [0.15, 0.2) is 10.3 Å². The van der Waals surface area contributed by atoms with Crippen molar-refractivity contribution in [2.45, 2.75) is 22.8 Å². The number of hydrogen-bond acceptors (Lipinski definition) is 9. The van der Waals surface area contributed by atoms with Crippen molar-refractivity contribution in [1.29, 1.82) is 0 Å². The monoisotopic (exact) mass is 482 g/mol. The number of ether oxygens (including phenoxy) is 2. The van der Waals surface area contributed by atoms with Crippen LogP contribution in [0.5, 0.6) is 0 Å². The molecule has 168 valence electrons. The highest BCUT2D eigenvalue weighted by Gasteiger charge is 2.56. The number of nitrogens with one attached hydrogen (secondary N) is 2. The Morgan fingerprint density at radius 1 is 1.06 bits per heavy atom. The lowest BCUT2D eigenvalue weighted by Gasteiger charge is -2.26. The molecule has 0 unspecified atom stereocenters. The highest BCUT2D eigenvalue weighted by atomic mass is 32.2. The van der Waals surface area contributed by atoms with E-state index in [2.05, 4.69) is 19.9 Å². The quantitative estimate of drug-likeness (QED) is 0.265. The number of rotatable bonds is 7. The maximum Gasteiger partial charge on any atom is 0.375 e. The molecule has 1 atom stereocenters. The number of aromatic nitrogens is 4. The minimum Gasteiger partial charge on any atom is -0.501 e. The topological polar surface area (TPSA) is 130 Å². The number of fused-ring (bicyclic) bond motifs is 2. The Balaban J connectivity index is 1.50. The van der Waals surface area contributed by atoms with Crippen molar-refractivity contribution >= 4 is 57.5 Å². The van der Waals surface area contributed by atoms with Gasteiger partial charge < -0.3 is 24.5 Å². The molecule has 2 aromatic heterocycles. The van der Waals surface area contributed by atoms with Crippen molar-refractivity contribution in [3.05, 3.63) is 59.2 Å². The van der Waals surface area contributed by atoms with Crippen molar-refractivity contribution in [3.8, 4) is 0 Å². The van der Waals surface area contributed by atoms with E-state index in [1.807, 2.05) is 48.5 Å². The minimum atomic E-state index is -1.84. The van der Waals surface area contributed by atoms with Gasteiger partial charge in [0.05, 0.1) is 39.3 Å². The van der Waals surface area contributed by atoms with Crippen LogP contribution in [0.15, 0.2) is 69.5 Å². The van der Waals surface area contributed by atoms with Crippen LogP contribution < -0.4 is 0 Å². The van der Waals surface area contributed by atoms with Gasteiger partial charge in [-0.1, -0.05) is 36.0 Å². The predicted octanol–water partition coefficient (Wildman–Crippen LogP) is 3.95. The second kappa shape index (κ2) is 8.49. The molecule has 11 heteroatoms. The van der Waals surface area contributed by atoms with Gasteiger partial charge in [-0.2, -0.15) is 0 Å². The number of H-pyrrole nitrogens is 2. The summed E-state index contributed by atoms with van der Waals surface area (Å²) in [6.45, 7) is 1.74. The molecule has 0 saturated carbocycles. The standard InChI is InChI=1S/C22H18N4O5S2/c1-2-30-19(29)22(11-32-20-23-12-7-3-4-8-13(12)24-20)17(16(27)18(28)31-22)33-21-25-14-9-5-6-10-15(14)26-21/h3-10,27H,2,11H2,1H3,(H,23,24)(H,25,26)/t22-/m0/s1. The number of hydrogen-bond donors (Lipinski definition) is 3. The third-order valence-electron chi connectivity index (χ3n) is 4.99. The third kappa shape index (κ3) is 3.83. The van der Waals surface area contributed by atoms with Crippen LogP contribution in [-0.2, 0) is 19.1 Å². The summed E-state index contributed by atoms with van der Waals surface area (Å²) in [6.07, 6.45) is 0. The number of esters is 2. The van der Waals surface area contributed by atoms with Crippen LogP contribution in [0.2, 0.25) is 0 Å². The summed E-state index contributed by atoms with van der Waals surface area (Å²) < 4.78 is 10.7. The van der Waals surface area contributed by atoms with Crippen molar-refractivity contribution in [1.82, 2.24) is 19.9 Å². The lowest BCUT2D eigenvalue weighted by molar-refractivity contribution is -0.169. The van der Waals surface area contributed by atoms with Gasteiger partial charge in [0.1, 0.15) is 0 Å². The molecule has 33 heavy (non-hydrogen) atoms. The van der Waals surface area contributed by atoms with Gasteiger partial charge in [-0.15, -0.1) is 0 Å². The molecule has 4 aromatic rings. The van der Waals surface area contributed by atoms with Crippen LogP contribution in [0, 0.1) is 0 Å². The molecule has 5 rings (SSSR count). The molecular weight excluding hydrogens is 464 g/mol. The fraction of sp³-hybridized carbons (Fsp3) is 0.182. The first-order valence-corrected chi connectivity index (χ1v) is 11.8. The fourth-order valence-corrected chi connectivity index (χ4v) is 5.58.